The number of phenolic OH excluding ortho intramolecular Hbond substituents is 2. The number of hydrogen-bond donors (Lipinski definition) is 2. The Bertz CT molecular complexity index is 648. The molecule has 2 N–H and O–H groups in total. The zero-order valence-electron chi connectivity index (χ0n) is 17.6. The molecule has 0 aliphatic heterocycles. The smallest absolute Gasteiger partial charge is 0.766 e. The van der Waals surface area contributed by atoms with Crippen molar-refractivity contribution in [3.05, 3.63) is 17.7 Å². The molecule has 1 atom stereocenters. The van der Waals surface area contributed by atoms with Gasteiger partial charge < -0.3 is 14.8 Å². The minimum Gasteiger partial charge on any atom is -0.766 e. The summed E-state index contributed by atoms with van der Waals surface area (Å²) >= 11 is 4.34. The van der Waals surface area contributed by atoms with Crippen LogP contribution < -0.4 is 29.6 Å². The van der Waals surface area contributed by atoms with Crippen molar-refractivity contribution in [3.63, 3.8) is 0 Å². The van der Waals surface area contributed by atoms with Crippen LogP contribution >= 0.6 is 0 Å². The number of aromatic hydroxyl groups is 2. The average Bonchev–Trinajstić information content (AvgIpc) is 2.60. The standard InChI is InChI=1S/C21H36O4S2.Na/c1-2-3-4-5-6-7-8-9-10-11-12-13-14-15-18-16-20(23)21(17-19(18)22)27(24,25)26;/h16-17,22-23H,2-15H2,1H3,(H,24,25,26);/q;+1/p-1. The first kappa shape index (κ1) is 28.1. The summed E-state index contributed by atoms with van der Waals surface area (Å²) in [7, 11) is -3.95. The molecule has 0 spiro atoms. The van der Waals surface area contributed by atoms with Crippen molar-refractivity contribution in [2.24, 2.45) is 0 Å². The molecule has 1 rings (SSSR count). The summed E-state index contributed by atoms with van der Waals surface area (Å²) in [6, 6.07) is 2.37. The van der Waals surface area contributed by atoms with Crippen LogP contribution in [0.3, 0.4) is 0 Å². The third-order valence-corrected chi connectivity index (χ3v) is 6.38. The van der Waals surface area contributed by atoms with Crippen LogP contribution in [0.5, 0.6) is 11.5 Å². The third-order valence-electron chi connectivity index (χ3n) is 4.98. The summed E-state index contributed by atoms with van der Waals surface area (Å²) < 4.78 is 22.7. The SMILES string of the molecule is CCCCCCCCCCCCCCCc1cc(O)c(S(=O)([O-])=S)cc1O.[Na+]. The molecule has 0 amide bonds. The molecule has 1 aromatic rings. The van der Waals surface area contributed by atoms with E-state index in [0.717, 1.165) is 18.9 Å². The molecule has 0 aliphatic carbocycles. The maximum Gasteiger partial charge on any atom is 1.00 e. The van der Waals surface area contributed by atoms with Crippen molar-refractivity contribution in [1.82, 2.24) is 0 Å². The normalized spacial score (nSPS) is 13.1. The van der Waals surface area contributed by atoms with E-state index in [-0.39, 0.29) is 41.1 Å². The molecule has 7 heteroatoms. The summed E-state index contributed by atoms with van der Waals surface area (Å²) in [6.07, 6.45) is 17.1. The summed E-state index contributed by atoms with van der Waals surface area (Å²) in [6.45, 7) is 2.25. The van der Waals surface area contributed by atoms with Crippen LogP contribution in [0.1, 0.15) is 96.0 Å². The molecule has 0 heterocycles. The van der Waals surface area contributed by atoms with Crippen molar-refractivity contribution in [2.45, 2.75) is 102 Å². The van der Waals surface area contributed by atoms with E-state index in [1.165, 1.54) is 76.7 Å². The van der Waals surface area contributed by atoms with Crippen LogP contribution in [-0.2, 0) is 26.4 Å². The van der Waals surface area contributed by atoms with Crippen molar-refractivity contribution in [3.8, 4) is 11.5 Å². The fourth-order valence-electron chi connectivity index (χ4n) is 3.33. The van der Waals surface area contributed by atoms with Crippen LogP contribution in [0.15, 0.2) is 17.0 Å². The minimum absolute atomic E-state index is 0. The van der Waals surface area contributed by atoms with Crippen LogP contribution in [0, 0.1) is 0 Å². The average molecular weight is 439 g/mol. The molecular weight excluding hydrogens is 403 g/mol. The van der Waals surface area contributed by atoms with Gasteiger partial charge in [-0.1, -0.05) is 84.0 Å². The fourth-order valence-corrected chi connectivity index (χ4v) is 4.31. The van der Waals surface area contributed by atoms with Gasteiger partial charge in [-0.3, -0.25) is 4.21 Å². The van der Waals surface area contributed by atoms with Crippen LogP contribution in [-0.4, -0.2) is 19.0 Å². The van der Waals surface area contributed by atoms with Crippen molar-refractivity contribution in [1.29, 1.82) is 0 Å². The first-order valence-corrected chi connectivity index (χ1v) is 12.8. The fraction of sp³-hybridized carbons (Fsp3) is 0.714. The van der Waals surface area contributed by atoms with Gasteiger partial charge in [0, 0.05) is 8.77 Å². The van der Waals surface area contributed by atoms with Gasteiger partial charge in [0.1, 0.15) is 11.5 Å². The zero-order chi connectivity index (χ0) is 20.1. The maximum absolute atomic E-state index is 11.3. The maximum atomic E-state index is 11.3. The Hall–Kier alpha value is 0.150. The quantitative estimate of drug-likeness (QED) is 0.250. The Labute approximate surface area is 198 Å². The number of rotatable bonds is 15. The van der Waals surface area contributed by atoms with E-state index < -0.39 is 13.7 Å². The van der Waals surface area contributed by atoms with Gasteiger partial charge in [0.2, 0.25) is 0 Å². The molecule has 156 valence electrons. The minimum atomic E-state index is -3.95. The Morgan fingerprint density at radius 3 is 1.68 bits per heavy atom. The third kappa shape index (κ3) is 12.0. The van der Waals surface area contributed by atoms with Gasteiger partial charge in [-0.25, -0.2) is 0 Å². The van der Waals surface area contributed by atoms with Gasteiger partial charge in [-0.05, 0) is 41.7 Å². The molecule has 0 aromatic heterocycles. The van der Waals surface area contributed by atoms with Crippen molar-refractivity contribution in [2.75, 3.05) is 0 Å². The second-order valence-electron chi connectivity index (χ2n) is 7.40. The molecule has 4 nitrogen and oxygen atoms in total. The van der Waals surface area contributed by atoms with Crippen LogP contribution in [0.4, 0.5) is 0 Å². The number of unbranched alkanes of at least 4 members (excludes halogenated alkanes) is 12. The summed E-state index contributed by atoms with van der Waals surface area (Å²) in [5, 5.41) is 19.7. The van der Waals surface area contributed by atoms with E-state index in [0.29, 0.717) is 12.0 Å². The van der Waals surface area contributed by atoms with Gasteiger partial charge >= 0.3 is 29.6 Å². The Morgan fingerprint density at radius 1 is 0.821 bits per heavy atom. The van der Waals surface area contributed by atoms with E-state index in [9.17, 15) is 19.0 Å². The molecule has 0 saturated heterocycles. The molecule has 0 radical (unpaired) electrons. The molecule has 0 fully saturated rings. The summed E-state index contributed by atoms with van der Waals surface area (Å²) in [5.74, 6) is -0.498. The Balaban J connectivity index is 0.00000729. The van der Waals surface area contributed by atoms with Gasteiger partial charge in [-0.15, -0.1) is 0 Å². The van der Waals surface area contributed by atoms with Crippen LogP contribution in [0.2, 0.25) is 0 Å². The number of aryl methyl sites for hydroxylation is 1. The van der Waals surface area contributed by atoms with E-state index in [1.54, 1.807) is 0 Å². The number of benzene rings is 1. The van der Waals surface area contributed by atoms with Crippen LogP contribution in [0.25, 0.3) is 0 Å². The van der Waals surface area contributed by atoms with Crippen molar-refractivity contribution < 1.29 is 48.5 Å². The van der Waals surface area contributed by atoms with E-state index >= 15 is 0 Å². The second kappa shape index (κ2) is 15.9. The summed E-state index contributed by atoms with van der Waals surface area (Å²) in [5.41, 5.74) is 0.568. The predicted molar refractivity (Wildman–Crippen MR) is 114 cm³/mol. The monoisotopic (exact) mass is 438 g/mol. The van der Waals surface area contributed by atoms with E-state index in [1.807, 2.05) is 0 Å². The molecule has 28 heavy (non-hydrogen) atoms. The van der Waals surface area contributed by atoms with Crippen molar-refractivity contribution >= 4 is 20.0 Å². The molecule has 1 unspecified atom stereocenters. The molecule has 0 bridgehead atoms. The number of phenols is 2. The zero-order valence-corrected chi connectivity index (χ0v) is 21.2. The topological polar surface area (TPSA) is 80.6 Å². The second-order valence-corrected chi connectivity index (χ2v) is 10.1. The first-order chi connectivity index (χ1) is 12.9. The first-order valence-electron chi connectivity index (χ1n) is 10.4. The van der Waals surface area contributed by atoms with Gasteiger partial charge in [0.15, 0.2) is 0 Å². The van der Waals surface area contributed by atoms with E-state index in [2.05, 4.69) is 18.1 Å². The Morgan fingerprint density at radius 2 is 1.25 bits per heavy atom. The molecule has 0 saturated carbocycles. The molecule has 0 aliphatic rings. The van der Waals surface area contributed by atoms with Gasteiger partial charge in [-0.2, -0.15) is 0 Å². The molecular formula is C21H35NaO4S2. The molecule has 1 aromatic carbocycles. The summed E-state index contributed by atoms with van der Waals surface area (Å²) in [4.78, 5) is -0.399. The predicted octanol–water partition coefficient (Wildman–Crippen LogP) is 2.97. The van der Waals surface area contributed by atoms with Gasteiger partial charge in [0.25, 0.3) is 0 Å². The Kier molecular flexibility index (Phi) is 16.0. The van der Waals surface area contributed by atoms with E-state index in [4.69, 9.17) is 0 Å². The number of hydrogen-bond acceptors (Lipinski definition) is 5. The van der Waals surface area contributed by atoms with Gasteiger partial charge in [0.05, 0.1) is 4.90 Å². The largest absolute Gasteiger partial charge is 1.00 e.